The van der Waals surface area contributed by atoms with Crippen LogP contribution in [-0.2, 0) is 6.42 Å². The Balaban J connectivity index is 2.51. The summed E-state index contributed by atoms with van der Waals surface area (Å²) in [5.74, 6) is 0.481. The summed E-state index contributed by atoms with van der Waals surface area (Å²) in [6, 6.07) is 6.51. The van der Waals surface area contributed by atoms with E-state index in [-0.39, 0.29) is 5.82 Å². The van der Waals surface area contributed by atoms with Crippen molar-refractivity contribution in [3.63, 3.8) is 0 Å². The number of guanidine groups is 1. The largest absolute Gasteiger partial charge is 0.388 e. The van der Waals surface area contributed by atoms with Gasteiger partial charge in [-0.3, -0.25) is 4.99 Å². The van der Waals surface area contributed by atoms with Crippen molar-refractivity contribution >= 4 is 5.96 Å². The van der Waals surface area contributed by atoms with Crippen molar-refractivity contribution in [2.24, 2.45) is 4.99 Å². The van der Waals surface area contributed by atoms with Crippen LogP contribution in [0.4, 0.5) is 4.39 Å². The van der Waals surface area contributed by atoms with Crippen LogP contribution in [0.1, 0.15) is 39.2 Å². The zero-order valence-corrected chi connectivity index (χ0v) is 13.8. The topological polar surface area (TPSA) is 56.7 Å². The number of benzene rings is 1. The van der Waals surface area contributed by atoms with Crippen LogP contribution in [-0.4, -0.2) is 36.3 Å². The summed E-state index contributed by atoms with van der Waals surface area (Å²) in [6.45, 7) is 7.78. The van der Waals surface area contributed by atoms with E-state index in [1.807, 2.05) is 20.8 Å². The normalized spacial score (nSPS) is 12.3. The second kappa shape index (κ2) is 9.41. The van der Waals surface area contributed by atoms with E-state index in [0.717, 1.165) is 18.5 Å². The Labute approximate surface area is 132 Å². The smallest absolute Gasteiger partial charge is 0.191 e. The highest BCUT2D eigenvalue weighted by atomic mass is 19.1. The molecule has 0 bridgehead atoms. The molecule has 0 saturated carbocycles. The zero-order chi connectivity index (χ0) is 16.4. The van der Waals surface area contributed by atoms with E-state index >= 15 is 0 Å². The highest BCUT2D eigenvalue weighted by Gasteiger charge is 2.21. The molecular weight excluding hydrogens is 281 g/mol. The van der Waals surface area contributed by atoms with Crippen LogP contribution in [0.25, 0.3) is 0 Å². The standard InChI is InChI=1S/C17H28FN3O/c1-4-17(22,5-2)13-21-16(19-6-3)20-12-11-14-7-9-15(18)10-8-14/h7-10,22H,4-6,11-13H2,1-3H3,(H2,19,20,21). The van der Waals surface area contributed by atoms with Gasteiger partial charge < -0.3 is 15.7 Å². The minimum atomic E-state index is -0.737. The second-order valence-corrected chi connectivity index (χ2v) is 5.43. The summed E-state index contributed by atoms with van der Waals surface area (Å²) in [6.07, 6.45) is 2.15. The third-order valence-corrected chi connectivity index (χ3v) is 3.81. The van der Waals surface area contributed by atoms with Gasteiger partial charge in [0.15, 0.2) is 5.96 Å². The Hall–Kier alpha value is -1.62. The quantitative estimate of drug-likeness (QED) is 0.511. The zero-order valence-electron chi connectivity index (χ0n) is 13.8. The lowest BCUT2D eigenvalue weighted by Crippen LogP contribution is -2.40. The lowest BCUT2D eigenvalue weighted by Gasteiger charge is -2.23. The number of rotatable bonds is 8. The predicted molar refractivity (Wildman–Crippen MR) is 89.6 cm³/mol. The van der Waals surface area contributed by atoms with Crippen LogP contribution in [0.3, 0.4) is 0 Å². The molecule has 5 heteroatoms. The van der Waals surface area contributed by atoms with Gasteiger partial charge in [-0.05, 0) is 43.9 Å². The number of hydrogen-bond acceptors (Lipinski definition) is 2. The van der Waals surface area contributed by atoms with E-state index in [0.29, 0.717) is 31.9 Å². The van der Waals surface area contributed by atoms with Gasteiger partial charge in [0, 0.05) is 13.1 Å². The lowest BCUT2D eigenvalue weighted by atomic mass is 9.98. The molecule has 1 aromatic carbocycles. The Morgan fingerprint density at radius 3 is 2.32 bits per heavy atom. The molecule has 0 aromatic heterocycles. The molecular formula is C17H28FN3O. The Morgan fingerprint density at radius 2 is 1.77 bits per heavy atom. The van der Waals surface area contributed by atoms with Crippen molar-refractivity contribution in [3.8, 4) is 0 Å². The molecule has 0 spiro atoms. The molecule has 0 amide bonds. The van der Waals surface area contributed by atoms with E-state index in [2.05, 4.69) is 15.6 Å². The predicted octanol–water partition coefficient (Wildman–Crippen LogP) is 2.47. The summed E-state index contributed by atoms with van der Waals surface area (Å²) in [5.41, 5.74) is 0.336. The maximum atomic E-state index is 12.8. The SMILES string of the molecule is CCNC(=NCC(O)(CC)CC)NCCc1ccc(F)cc1. The molecule has 3 N–H and O–H groups in total. The van der Waals surface area contributed by atoms with Crippen molar-refractivity contribution in [2.45, 2.75) is 45.6 Å². The molecule has 4 nitrogen and oxygen atoms in total. The first-order chi connectivity index (χ1) is 10.5. The first-order valence-corrected chi connectivity index (χ1v) is 8.02. The molecule has 0 fully saturated rings. The van der Waals surface area contributed by atoms with Gasteiger partial charge in [-0.1, -0.05) is 26.0 Å². The van der Waals surface area contributed by atoms with E-state index in [4.69, 9.17) is 0 Å². The van der Waals surface area contributed by atoms with Gasteiger partial charge in [0.1, 0.15) is 5.82 Å². The van der Waals surface area contributed by atoms with Crippen LogP contribution in [0.2, 0.25) is 0 Å². The second-order valence-electron chi connectivity index (χ2n) is 5.43. The molecule has 0 heterocycles. The molecule has 0 unspecified atom stereocenters. The lowest BCUT2D eigenvalue weighted by molar-refractivity contribution is 0.0418. The number of halogens is 1. The number of aliphatic imine (C=N–C) groups is 1. The minimum Gasteiger partial charge on any atom is -0.388 e. The van der Waals surface area contributed by atoms with E-state index in [1.165, 1.54) is 12.1 Å². The Morgan fingerprint density at radius 1 is 1.14 bits per heavy atom. The number of nitrogens with zero attached hydrogens (tertiary/aromatic N) is 1. The number of hydrogen-bond donors (Lipinski definition) is 3. The maximum absolute atomic E-state index is 12.8. The van der Waals surface area contributed by atoms with Crippen LogP contribution in [0, 0.1) is 5.82 Å². The van der Waals surface area contributed by atoms with Crippen LogP contribution < -0.4 is 10.6 Å². The molecule has 0 aliphatic rings. The van der Waals surface area contributed by atoms with Crippen molar-refractivity contribution < 1.29 is 9.50 Å². The summed E-state index contributed by atoms with van der Waals surface area (Å²) in [5, 5.41) is 16.7. The fourth-order valence-corrected chi connectivity index (χ4v) is 2.02. The van der Waals surface area contributed by atoms with Gasteiger partial charge >= 0.3 is 0 Å². The highest BCUT2D eigenvalue weighted by Crippen LogP contribution is 2.14. The van der Waals surface area contributed by atoms with Crippen molar-refractivity contribution in [1.82, 2.24) is 10.6 Å². The molecule has 0 aliphatic heterocycles. The summed E-state index contributed by atoms with van der Waals surface area (Å²) in [7, 11) is 0. The summed E-state index contributed by atoms with van der Waals surface area (Å²) < 4.78 is 12.8. The minimum absolute atomic E-state index is 0.218. The average molecular weight is 309 g/mol. The maximum Gasteiger partial charge on any atom is 0.191 e. The third-order valence-electron chi connectivity index (χ3n) is 3.81. The van der Waals surface area contributed by atoms with Gasteiger partial charge in [-0.15, -0.1) is 0 Å². The average Bonchev–Trinajstić information content (AvgIpc) is 2.54. The van der Waals surface area contributed by atoms with E-state index in [9.17, 15) is 9.50 Å². The molecule has 0 atom stereocenters. The number of aliphatic hydroxyl groups is 1. The molecule has 124 valence electrons. The molecule has 0 radical (unpaired) electrons. The first kappa shape index (κ1) is 18.4. The van der Waals surface area contributed by atoms with E-state index < -0.39 is 5.60 Å². The van der Waals surface area contributed by atoms with Crippen LogP contribution in [0.5, 0.6) is 0 Å². The summed E-state index contributed by atoms with van der Waals surface area (Å²) in [4.78, 5) is 4.46. The first-order valence-electron chi connectivity index (χ1n) is 8.02. The molecule has 1 rings (SSSR count). The van der Waals surface area contributed by atoms with Gasteiger partial charge in [-0.2, -0.15) is 0 Å². The van der Waals surface area contributed by atoms with Crippen LogP contribution in [0.15, 0.2) is 29.3 Å². The van der Waals surface area contributed by atoms with E-state index in [1.54, 1.807) is 12.1 Å². The van der Waals surface area contributed by atoms with Gasteiger partial charge in [0.05, 0.1) is 12.1 Å². The molecule has 1 aromatic rings. The third kappa shape index (κ3) is 6.43. The molecule has 22 heavy (non-hydrogen) atoms. The summed E-state index contributed by atoms with van der Waals surface area (Å²) >= 11 is 0. The molecule has 0 saturated heterocycles. The monoisotopic (exact) mass is 309 g/mol. The van der Waals surface area contributed by atoms with Gasteiger partial charge in [-0.25, -0.2) is 4.39 Å². The van der Waals surface area contributed by atoms with Crippen molar-refractivity contribution in [2.75, 3.05) is 19.6 Å². The Kier molecular flexibility index (Phi) is 7.88. The van der Waals surface area contributed by atoms with Crippen molar-refractivity contribution in [3.05, 3.63) is 35.6 Å². The fraction of sp³-hybridized carbons (Fsp3) is 0.588. The molecule has 0 aliphatic carbocycles. The number of nitrogens with one attached hydrogen (secondary N) is 2. The van der Waals surface area contributed by atoms with Gasteiger partial charge in [0.25, 0.3) is 0 Å². The fourth-order valence-electron chi connectivity index (χ4n) is 2.02. The van der Waals surface area contributed by atoms with Gasteiger partial charge in [0.2, 0.25) is 0 Å². The van der Waals surface area contributed by atoms with Crippen molar-refractivity contribution in [1.29, 1.82) is 0 Å². The highest BCUT2D eigenvalue weighted by molar-refractivity contribution is 5.79. The Bertz CT molecular complexity index is 455. The van der Waals surface area contributed by atoms with Crippen LogP contribution >= 0.6 is 0 Å².